The molecule has 2 amide bonds. The molecule has 1 saturated heterocycles. The lowest BCUT2D eigenvalue weighted by Gasteiger charge is -2.33. The van der Waals surface area contributed by atoms with Gasteiger partial charge in [-0.05, 0) is 19.1 Å². The second-order valence-electron chi connectivity index (χ2n) is 4.47. The van der Waals surface area contributed by atoms with Gasteiger partial charge in [0.2, 0.25) is 11.8 Å². The lowest BCUT2D eigenvalue weighted by Crippen LogP contribution is -2.53. The first kappa shape index (κ1) is 13.3. The van der Waals surface area contributed by atoms with E-state index < -0.39 is 5.82 Å². The molecule has 6 heteroatoms. The highest BCUT2D eigenvalue weighted by Gasteiger charge is 2.29. The summed E-state index contributed by atoms with van der Waals surface area (Å²) in [7, 11) is 0. The van der Waals surface area contributed by atoms with Gasteiger partial charge < -0.3 is 15.5 Å². The molecule has 5 nitrogen and oxygen atoms in total. The third kappa shape index (κ3) is 2.67. The maximum Gasteiger partial charge on any atom is 0.242 e. The number of carbonyl (C=O) groups is 2. The minimum absolute atomic E-state index is 0.0273. The SMILES string of the molecule is CCN1CC(=O)N(Cc2c(N)cccc2F)CC1=O. The molecule has 102 valence electrons. The summed E-state index contributed by atoms with van der Waals surface area (Å²) in [6.45, 7) is 2.36. The molecule has 2 N–H and O–H groups in total. The maximum atomic E-state index is 13.7. The van der Waals surface area contributed by atoms with Gasteiger partial charge >= 0.3 is 0 Å². The number of hydrogen-bond donors (Lipinski definition) is 1. The second kappa shape index (κ2) is 5.26. The van der Waals surface area contributed by atoms with Crippen LogP contribution in [0.15, 0.2) is 18.2 Å². The van der Waals surface area contributed by atoms with Crippen molar-refractivity contribution in [1.29, 1.82) is 0 Å². The predicted molar refractivity (Wildman–Crippen MR) is 68.5 cm³/mol. The molecule has 19 heavy (non-hydrogen) atoms. The van der Waals surface area contributed by atoms with E-state index in [4.69, 9.17) is 5.73 Å². The van der Waals surface area contributed by atoms with Crippen molar-refractivity contribution in [1.82, 2.24) is 9.80 Å². The summed E-state index contributed by atoms with van der Waals surface area (Å²) in [5.74, 6) is -0.778. The Hall–Kier alpha value is -2.11. The van der Waals surface area contributed by atoms with E-state index in [2.05, 4.69) is 0 Å². The fraction of sp³-hybridized carbons (Fsp3) is 0.385. The molecule has 0 aliphatic carbocycles. The number of benzene rings is 1. The Morgan fingerprint density at radius 3 is 2.47 bits per heavy atom. The van der Waals surface area contributed by atoms with Crippen LogP contribution >= 0.6 is 0 Å². The van der Waals surface area contributed by atoms with Crippen LogP contribution in [0.3, 0.4) is 0 Å². The molecule has 0 spiro atoms. The number of anilines is 1. The van der Waals surface area contributed by atoms with Gasteiger partial charge in [0.25, 0.3) is 0 Å². The predicted octanol–water partition coefficient (Wildman–Crippen LogP) is 0.599. The lowest BCUT2D eigenvalue weighted by atomic mass is 10.1. The zero-order valence-electron chi connectivity index (χ0n) is 10.7. The first-order valence-corrected chi connectivity index (χ1v) is 6.11. The first-order chi connectivity index (χ1) is 9.02. The Morgan fingerprint density at radius 1 is 1.21 bits per heavy atom. The van der Waals surface area contributed by atoms with Crippen molar-refractivity contribution < 1.29 is 14.0 Å². The molecule has 0 saturated carbocycles. The number of nitrogen functional groups attached to an aromatic ring is 1. The van der Waals surface area contributed by atoms with Gasteiger partial charge in [0, 0.05) is 17.8 Å². The van der Waals surface area contributed by atoms with Crippen LogP contribution in [-0.4, -0.2) is 41.2 Å². The van der Waals surface area contributed by atoms with Crippen molar-refractivity contribution in [3.63, 3.8) is 0 Å². The van der Waals surface area contributed by atoms with Gasteiger partial charge in [0.1, 0.15) is 12.4 Å². The number of likely N-dealkylation sites (N-methyl/N-ethyl adjacent to an activating group) is 1. The molecule has 1 aliphatic rings. The largest absolute Gasteiger partial charge is 0.398 e. The number of halogens is 1. The minimum atomic E-state index is -0.460. The molecule has 1 aromatic carbocycles. The third-order valence-electron chi connectivity index (χ3n) is 3.24. The molecule has 2 rings (SSSR count). The van der Waals surface area contributed by atoms with Crippen molar-refractivity contribution >= 4 is 17.5 Å². The number of nitrogens with two attached hydrogens (primary N) is 1. The van der Waals surface area contributed by atoms with E-state index in [1.807, 2.05) is 6.92 Å². The van der Waals surface area contributed by atoms with E-state index in [0.29, 0.717) is 6.54 Å². The highest BCUT2D eigenvalue weighted by Crippen LogP contribution is 2.19. The number of carbonyl (C=O) groups excluding carboxylic acids is 2. The summed E-state index contributed by atoms with van der Waals surface area (Å²) in [6.07, 6.45) is 0. The molecule has 1 aliphatic heterocycles. The number of hydrogen-bond acceptors (Lipinski definition) is 3. The van der Waals surface area contributed by atoms with Crippen molar-refractivity contribution in [3.05, 3.63) is 29.6 Å². The van der Waals surface area contributed by atoms with Crippen LogP contribution < -0.4 is 5.73 Å². The lowest BCUT2D eigenvalue weighted by molar-refractivity contribution is -0.150. The Bertz CT molecular complexity index is 498. The van der Waals surface area contributed by atoms with E-state index in [1.165, 1.54) is 21.9 Å². The topological polar surface area (TPSA) is 66.6 Å². The molecule has 0 radical (unpaired) electrons. The van der Waals surface area contributed by atoms with Gasteiger partial charge in [0.05, 0.1) is 13.1 Å². The van der Waals surface area contributed by atoms with Crippen LogP contribution in [0.2, 0.25) is 0 Å². The maximum absolute atomic E-state index is 13.7. The zero-order chi connectivity index (χ0) is 14.0. The highest BCUT2D eigenvalue weighted by atomic mass is 19.1. The molecular weight excluding hydrogens is 249 g/mol. The first-order valence-electron chi connectivity index (χ1n) is 6.11. The third-order valence-corrected chi connectivity index (χ3v) is 3.24. The van der Waals surface area contributed by atoms with E-state index in [1.54, 1.807) is 6.07 Å². The van der Waals surface area contributed by atoms with Crippen LogP contribution in [0.1, 0.15) is 12.5 Å². The summed E-state index contributed by atoms with van der Waals surface area (Å²) < 4.78 is 13.7. The zero-order valence-corrected chi connectivity index (χ0v) is 10.7. The summed E-state index contributed by atoms with van der Waals surface area (Å²) in [5, 5.41) is 0. The fourth-order valence-electron chi connectivity index (χ4n) is 2.07. The fourth-order valence-corrected chi connectivity index (χ4v) is 2.07. The molecule has 0 aromatic heterocycles. The van der Waals surface area contributed by atoms with Gasteiger partial charge in [0.15, 0.2) is 0 Å². The van der Waals surface area contributed by atoms with Crippen molar-refractivity contribution in [2.24, 2.45) is 0 Å². The standard InChI is InChI=1S/C13H16FN3O2/c1-2-16-7-13(19)17(8-12(16)18)6-9-10(14)4-3-5-11(9)15/h3-5H,2,6-8,15H2,1H3. The minimum Gasteiger partial charge on any atom is -0.398 e. The summed E-state index contributed by atoms with van der Waals surface area (Å²) >= 11 is 0. The number of amides is 2. The monoisotopic (exact) mass is 265 g/mol. The summed E-state index contributed by atoms with van der Waals surface area (Å²) in [4.78, 5) is 26.5. The van der Waals surface area contributed by atoms with E-state index in [9.17, 15) is 14.0 Å². The van der Waals surface area contributed by atoms with Crippen molar-refractivity contribution in [3.8, 4) is 0 Å². The number of nitrogens with zero attached hydrogens (tertiary/aromatic N) is 2. The van der Waals surface area contributed by atoms with Gasteiger partial charge in [-0.25, -0.2) is 4.39 Å². The second-order valence-corrected chi connectivity index (χ2v) is 4.47. The summed E-state index contributed by atoms with van der Waals surface area (Å²) in [6, 6.07) is 4.38. The number of rotatable bonds is 3. The molecule has 1 heterocycles. The average molecular weight is 265 g/mol. The molecular formula is C13H16FN3O2. The Labute approximate surface area is 110 Å². The van der Waals surface area contributed by atoms with E-state index in [-0.39, 0.29) is 42.7 Å². The van der Waals surface area contributed by atoms with Gasteiger partial charge in [-0.15, -0.1) is 0 Å². The average Bonchev–Trinajstić information content (AvgIpc) is 2.37. The summed E-state index contributed by atoms with van der Waals surface area (Å²) in [5.41, 5.74) is 6.25. The molecule has 1 fully saturated rings. The van der Waals surface area contributed by atoms with Crippen LogP contribution in [0.5, 0.6) is 0 Å². The Kier molecular flexibility index (Phi) is 3.69. The van der Waals surface area contributed by atoms with Gasteiger partial charge in [-0.3, -0.25) is 9.59 Å². The smallest absolute Gasteiger partial charge is 0.242 e. The van der Waals surface area contributed by atoms with Crippen LogP contribution in [0.4, 0.5) is 10.1 Å². The van der Waals surface area contributed by atoms with Crippen molar-refractivity contribution in [2.75, 3.05) is 25.4 Å². The van der Waals surface area contributed by atoms with E-state index in [0.717, 1.165) is 0 Å². The Balaban J connectivity index is 2.16. The van der Waals surface area contributed by atoms with Crippen LogP contribution in [0, 0.1) is 5.82 Å². The van der Waals surface area contributed by atoms with Crippen molar-refractivity contribution in [2.45, 2.75) is 13.5 Å². The molecule has 0 bridgehead atoms. The van der Waals surface area contributed by atoms with Gasteiger partial charge in [-0.1, -0.05) is 6.07 Å². The molecule has 1 aromatic rings. The van der Waals surface area contributed by atoms with Gasteiger partial charge in [-0.2, -0.15) is 0 Å². The normalized spacial score (nSPS) is 16.1. The Morgan fingerprint density at radius 2 is 1.84 bits per heavy atom. The quantitative estimate of drug-likeness (QED) is 0.814. The highest BCUT2D eigenvalue weighted by molar-refractivity contribution is 5.92. The van der Waals surface area contributed by atoms with Crippen LogP contribution in [0.25, 0.3) is 0 Å². The number of piperazine rings is 1. The van der Waals surface area contributed by atoms with E-state index >= 15 is 0 Å². The molecule has 0 unspecified atom stereocenters. The van der Waals surface area contributed by atoms with Crippen LogP contribution in [-0.2, 0) is 16.1 Å². The molecule has 0 atom stereocenters.